The molecule has 2 aromatic carbocycles. The van der Waals surface area contributed by atoms with Gasteiger partial charge in [0.1, 0.15) is 12.4 Å². The molecule has 0 spiro atoms. The Balaban J connectivity index is 1.58. The van der Waals surface area contributed by atoms with Crippen molar-refractivity contribution < 1.29 is 14.2 Å². The monoisotopic (exact) mass is 418 g/mol. The molecular weight excluding hydrogens is 388 g/mol. The van der Waals surface area contributed by atoms with Crippen LogP contribution in [0, 0.1) is 6.92 Å². The summed E-state index contributed by atoms with van der Waals surface area (Å²) in [6, 6.07) is 19.1. The van der Waals surface area contributed by atoms with Crippen LogP contribution >= 0.6 is 0 Å². The van der Waals surface area contributed by atoms with E-state index in [1.807, 2.05) is 13.0 Å². The molecule has 0 N–H and O–H groups in total. The molecule has 162 valence electrons. The van der Waals surface area contributed by atoms with Crippen LogP contribution in [0.5, 0.6) is 5.88 Å². The minimum atomic E-state index is -0.327. The molecule has 31 heavy (non-hydrogen) atoms. The highest BCUT2D eigenvalue weighted by atomic mass is 16.7. The van der Waals surface area contributed by atoms with Gasteiger partial charge in [-0.3, -0.25) is 0 Å². The number of aryl methyl sites for hydroxylation is 2. The molecule has 0 amide bonds. The van der Waals surface area contributed by atoms with Crippen LogP contribution in [-0.4, -0.2) is 36.1 Å². The lowest BCUT2D eigenvalue weighted by Crippen LogP contribution is -2.20. The van der Waals surface area contributed by atoms with Gasteiger partial charge >= 0.3 is 0 Å². The number of hydrogen-bond donors (Lipinski definition) is 0. The number of benzene rings is 2. The summed E-state index contributed by atoms with van der Waals surface area (Å²) >= 11 is 0. The molecule has 1 aromatic heterocycles. The normalized spacial score (nSPS) is 14.1. The van der Waals surface area contributed by atoms with Crippen molar-refractivity contribution in [3.8, 4) is 17.0 Å². The molecule has 1 aliphatic heterocycles. The van der Waals surface area contributed by atoms with Crippen LogP contribution in [0.3, 0.4) is 0 Å². The van der Waals surface area contributed by atoms with E-state index in [0.717, 1.165) is 42.8 Å². The minimum absolute atomic E-state index is 0.327. The summed E-state index contributed by atoms with van der Waals surface area (Å²) in [5.74, 6) is 1.38. The first-order chi connectivity index (χ1) is 15.2. The maximum atomic E-state index is 6.09. The predicted molar refractivity (Wildman–Crippen MR) is 121 cm³/mol. The molecule has 0 saturated carbocycles. The Kier molecular flexibility index (Phi) is 7.28. The fourth-order valence-corrected chi connectivity index (χ4v) is 3.77. The van der Waals surface area contributed by atoms with Gasteiger partial charge in [-0.25, -0.2) is 4.98 Å². The SMILES string of the molecule is CCCCc1nc(C)nc(OCC2OCCO2)c1Cc1ccc(-c2ccccc2)cc1. The highest BCUT2D eigenvalue weighted by Crippen LogP contribution is 2.26. The summed E-state index contributed by atoms with van der Waals surface area (Å²) in [5, 5.41) is 0. The molecule has 5 heteroatoms. The first-order valence-electron chi connectivity index (χ1n) is 11.1. The van der Waals surface area contributed by atoms with Crippen LogP contribution in [0.2, 0.25) is 0 Å². The lowest BCUT2D eigenvalue weighted by atomic mass is 9.98. The van der Waals surface area contributed by atoms with Crippen molar-refractivity contribution >= 4 is 0 Å². The molecule has 0 radical (unpaired) electrons. The molecule has 0 unspecified atom stereocenters. The first-order valence-corrected chi connectivity index (χ1v) is 11.1. The lowest BCUT2D eigenvalue weighted by Gasteiger charge is -2.17. The molecule has 5 nitrogen and oxygen atoms in total. The van der Waals surface area contributed by atoms with Crippen LogP contribution in [-0.2, 0) is 22.3 Å². The van der Waals surface area contributed by atoms with Gasteiger partial charge in [0.05, 0.1) is 18.9 Å². The van der Waals surface area contributed by atoms with E-state index in [1.165, 1.54) is 16.7 Å². The number of ether oxygens (including phenoxy) is 3. The number of aromatic nitrogens is 2. The number of unbranched alkanes of at least 4 members (excludes halogenated alkanes) is 1. The van der Waals surface area contributed by atoms with Crippen molar-refractivity contribution in [2.45, 2.75) is 45.8 Å². The fourth-order valence-electron chi connectivity index (χ4n) is 3.77. The van der Waals surface area contributed by atoms with Gasteiger partial charge in [-0.1, -0.05) is 67.9 Å². The lowest BCUT2D eigenvalue weighted by molar-refractivity contribution is -0.0693. The van der Waals surface area contributed by atoms with Gasteiger partial charge in [0.25, 0.3) is 0 Å². The molecule has 3 aromatic rings. The average Bonchev–Trinajstić information content (AvgIpc) is 3.32. The largest absolute Gasteiger partial charge is 0.472 e. The van der Waals surface area contributed by atoms with E-state index in [0.29, 0.717) is 25.7 Å². The van der Waals surface area contributed by atoms with Crippen LogP contribution in [0.15, 0.2) is 54.6 Å². The zero-order chi connectivity index (χ0) is 21.5. The number of rotatable bonds is 9. The summed E-state index contributed by atoms with van der Waals surface area (Å²) < 4.78 is 17.1. The van der Waals surface area contributed by atoms with E-state index >= 15 is 0 Å². The molecule has 2 heterocycles. The maximum Gasteiger partial charge on any atom is 0.220 e. The summed E-state index contributed by atoms with van der Waals surface area (Å²) in [6.07, 6.45) is 3.53. The van der Waals surface area contributed by atoms with E-state index in [2.05, 4.69) is 60.4 Å². The molecule has 4 rings (SSSR count). The van der Waals surface area contributed by atoms with Crippen molar-refractivity contribution in [1.82, 2.24) is 9.97 Å². The van der Waals surface area contributed by atoms with Gasteiger partial charge in [-0.05, 0) is 36.5 Å². The van der Waals surface area contributed by atoms with Crippen LogP contribution in [0.4, 0.5) is 0 Å². The summed E-state index contributed by atoms with van der Waals surface area (Å²) in [7, 11) is 0. The maximum absolute atomic E-state index is 6.09. The van der Waals surface area contributed by atoms with Crippen molar-refractivity contribution in [1.29, 1.82) is 0 Å². The smallest absolute Gasteiger partial charge is 0.220 e. The van der Waals surface area contributed by atoms with E-state index in [-0.39, 0.29) is 6.29 Å². The van der Waals surface area contributed by atoms with E-state index < -0.39 is 0 Å². The number of nitrogens with zero attached hydrogens (tertiary/aromatic N) is 2. The van der Waals surface area contributed by atoms with E-state index in [9.17, 15) is 0 Å². The Morgan fingerprint density at radius 1 is 0.935 bits per heavy atom. The van der Waals surface area contributed by atoms with Crippen LogP contribution in [0.1, 0.15) is 42.4 Å². The summed E-state index contributed by atoms with van der Waals surface area (Å²) in [6.45, 7) is 5.67. The van der Waals surface area contributed by atoms with Gasteiger partial charge in [0, 0.05) is 12.0 Å². The average molecular weight is 419 g/mol. The Labute approximate surface area is 184 Å². The third-order valence-corrected chi connectivity index (χ3v) is 5.42. The van der Waals surface area contributed by atoms with Gasteiger partial charge in [0.15, 0.2) is 6.29 Å². The van der Waals surface area contributed by atoms with Crippen LogP contribution < -0.4 is 4.74 Å². The second kappa shape index (κ2) is 10.5. The standard InChI is InChI=1S/C26H30N2O3/c1-3-4-10-24-23(26(28-19(2)27-24)31-18-25-29-15-16-30-25)17-20-11-13-22(14-12-20)21-8-6-5-7-9-21/h5-9,11-14,25H,3-4,10,15-18H2,1-2H3. The van der Waals surface area contributed by atoms with E-state index in [1.54, 1.807) is 0 Å². The highest BCUT2D eigenvalue weighted by Gasteiger charge is 2.20. The molecule has 1 saturated heterocycles. The molecule has 1 aliphatic rings. The van der Waals surface area contributed by atoms with Gasteiger partial charge < -0.3 is 14.2 Å². The van der Waals surface area contributed by atoms with Crippen LogP contribution in [0.25, 0.3) is 11.1 Å². The first kappa shape index (κ1) is 21.5. The Hall–Kier alpha value is -2.76. The van der Waals surface area contributed by atoms with Gasteiger partial charge in [-0.2, -0.15) is 4.98 Å². The molecule has 0 aliphatic carbocycles. The van der Waals surface area contributed by atoms with Crippen molar-refractivity contribution in [2.75, 3.05) is 19.8 Å². The topological polar surface area (TPSA) is 53.5 Å². The van der Waals surface area contributed by atoms with Crippen molar-refractivity contribution in [3.63, 3.8) is 0 Å². The third kappa shape index (κ3) is 5.69. The fraction of sp³-hybridized carbons (Fsp3) is 0.385. The highest BCUT2D eigenvalue weighted by molar-refractivity contribution is 5.63. The van der Waals surface area contributed by atoms with Gasteiger partial charge in [0.2, 0.25) is 5.88 Å². The number of hydrogen-bond acceptors (Lipinski definition) is 5. The van der Waals surface area contributed by atoms with E-state index in [4.69, 9.17) is 19.2 Å². The Bertz CT molecular complexity index is 968. The minimum Gasteiger partial charge on any atom is -0.472 e. The molecule has 0 bridgehead atoms. The van der Waals surface area contributed by atoms with Crippen molar-refractivity contribution in [2.24, 2.45) is 0 Å². The second-order valence-electron chi connectivity index (χ2n) is 7.83. The molecule has 1 fully saturated rings. The summed E-state index contributed by atoms with van der Waals surface area (Å²) in [5.41, 5.74) is 5.78. The summed E-state index contributed by atoms with van der Waals surface area (Å²) in [4.78, 5) is 9.38. The van der Waals surface area contributed by atoms with Gasteiger partial charge in [-0.15, -0.1) is 0 Å². The Morgan fingerprint density at radius 2 is 1.65 bits per heavy atom. The van der Waals surface area contributed by atoms with Crippen molar-refractivity contribution in [3.05, 3.63) is 77.2 Å². The Morgan fingerprint density at radius 3 is 2.35 bits per heavy atom. The molecular formula is C26H30N2O3. The zero-order valence-corrected chi connectivity index (χ0v) is 18.3. The predicted octanol–water partition coefficient (Wildman–Crippen LogP) is 5.14. The second-order valence-corrected chi connectivity index (χ2v) is 7.83. The molecule has 0 atom stereocenters. The third-order valence-electron chi connectivity index (χ3n) is 5.42. The zero-order valence-electron chi connectivity index (χ0n) is 18.3. The quantitative estimate of drug-likeness (QED) is 0.482.